The van der Waals surface area contributed by atoms with Gasteiger partial charge in [-0.15, -0.1) is 0 Å². The number of nitrogens with zero attached hydrogens (tertiary/aromatic N) is 2. The molecule has 2 rings (SSSR count). The zero-order chi connectivity index (χ0) is 15.4. The summed E-state index contributed by atoms with van der Waals surface area (Å²) in [5.41, 5.74) is 3.02. The molecule has 0 unspecified atom stereocenters. The van der Waals surface area contributed by atoms with Gasteiger partial charge in [-0.1, -0.05) is 15.9 Å². The molecule has 0 spiro atoms. The van der Waals surface area contributed by atoms with Crippen molar-refractivity contribution in [2.45, 2.75) is 0 Å². The van der Waals surface area contributed by atoms with Gasteiger partial charge < -0.3 is 15.3 Å². The normalized spacial score (nSPS) is 16.5. The molecular weight excluding hydrogens is 340 g/mol. The molecule has 0 atom stereocenters. The number of urea groups is 1. The minimum Gasteiger partial charge on any atom is -0.478 e. The average molecular weight is 357 g/mol. The monoisotopic (exact) mass is 356 g/mol. The van der Waals surface area contributed by atoms with Crippen molar-refractivity contribution >= 4 is 33.6 Å². The van der Waals surface area contributed by atoms with Crippen LogP contribution in [0.2, 0.25) is 0 Å². The molecule has 0 saturated carbocycles. The maximum Gasteiger partial charge on any atom is 0.337 e. The van der Waals surface area contributed by atoms with Gasteiger partial charge in [0.25, 0.3) is 0 Å². The first-order chi connectivity index (χ1) is 9.95. The van der Waals surface area contributed by atoms with Gasteiger partial charge in [-0.2, -0.15) is 0 Å². The number of amides is 2. The standard InChI is InChI=1S/C13H17BrN4O3/c1-17-4-6-18(7-5-17)16-13(21)15-11-8-9(14)2-3-10(11)12(19)20/h2-3,8H,4-7H2,1H3,(H,19,20)(H2,15,16,21). The largest absolute Gasteiger partial charge is 0.478 e. The molecule has 1 aliphatic rings. The van der Waals surface area contributed by atoms with Crippen molar-refractivity contribution < 1.29 is 14.7 Å². The molecule has 114 valence electrons. The fourth-order valence-corrected chi connectivity index (χ4v) is 2.38. The smallest absolute Gasteiger partial charge is 0.337 e. The van der Waals surface area contributed by atoms with Crippen molar-refractivity contribution in [1.29, 1.82) is 0 Å². The van der Waals surface area contributed by atoms with Crippen molar-refractivity contribution in [3.8, 4) is 0 Å². The maximum absolute atomic E-state index is 12.0. The van der Waals surface area contributed by atoms with E-state index in [0.29, 0.717) is 4.47 Å². The second-order valence-electron chi connectivity index (χ2n) is 4.85. The number of carboxylic acid groups (broad SMARTS) is 1. The second kappa shape index (κ2) is 6.88. The number of rotatable bonds is 3. The highest BCUT2D eigenvalue weighted by Crippen LogP contribution is 2.21. The summed E-state index contributed by atoms with van der Waals surface area (Å²) in [5, 5.41) is 13.5. The van der Waals surface area contributed by atoms with Gasteiger partial charge in [0.05, 0.1) is 11.3 Å². The number of likely N-dealkylation sites (N-methyl/N-ethyl adjacent to an activating group) is 1. The van der Waals surface area contributed by atoms with Crippen LogP contribution in [0.5, 0.6) is 0 Å². The summed E-state index contributed by atoms with van der Waals surface area (Å²) in [6.07, 6.45) is 0. The van der Waals surface area contributed by atoms with Crippen LogP contribution in [0.15, 0.2) is 22.7 Å². The molecule has 1 fully saturated rings. The lowest BCUT2D eigenvalue weighted by atomic mass is 10.2. The van der Waals surface area contributed by atoms with Crippen LogP contribution in [0.3, 0.4) is 0 Å². The lowest BCUT2D eigenvalue weighted by Crippen LogP contribution is -2.53. The second-order valence-corrected chi connectivity index (χ2v) is 5.77. The number of hydrogen-bond acceptors (Lipinski definition) is 4. The Morgan fingerprint density at radius 3 is 2.52 bits per heavy atom. The third-order valence-corrected chi connectivity index (χ3v) is 3.72. The number of anilines is 1. The number of hydrazine groups is 1. The Morgan fingerprint density at radius 2 is 1.90 bits per heavy atom. The van der Waals surface area contributed by atoms with Crippen molar-refractivity contribution in [2.75, 3.05) is 38.5 Å². The van der Waals surface area contributed by atoms with Crippen LogP contribution in [0, 0.1) is 0 Å². The van der Waals surface area contributed by atoms with Crippen molar-refractivity contribution in [2.24, 2.45) is 0 Å². The fraction of sp³-hybridized carbons (Fsp3) is 0.385. The Bertz CT molecular complexity index is 544. The van der Waals surface area contributed by atoms with Crippen LogP contribution >= 0.6 is 15.9 Å². The highest BCUT2D eigenvalue weighted by molar-refractivity contribution is 9.10. The highest BCUT2D eigenvalue weighted by atomic mass is 79.9. The first-order valence-electron chi connectivity index (χ1n) is 6.49. The van der Waals surface area contributed by atoms with E-state index in [1.165, 1.54) is 6.07 Å². The summed E-state index contributed by atoms with van der Waals surface area (Å²) in [5.74, 6) is -1.09. The molecule has 8 heteroatoms. The molecule has 0 aromatic heterocycles. The minimum atomic E-state index is -1.09. The van der Waals surface area contributed by atoms with Gasteiger partial charge in [-0.25, -0.2) is 14.6 Å². The third kappa shape index (κ3) is 4.42. The van der Waals surface area contributed by atoms with Gasteiger partial charge in [0, 0.05) is 30.7 Å². The van der Waals surface area contributed by atoms with Gasteiger partial charge in [-0.05, 0) is 25.2 Å². The van der Waals surface area contributed by atoms with E-state index in [-0.39, 0.29) is 11.3 Å². The molecule has 0 radical (unpaired) electrons. The Balaban J connectivity index is 1.99. The molecule has 2 amide bonds. The molecule has 1 aromatic rings. The van der Waals surface area contributed by atoms with Gasteiger partial charge in [0.15, 0.2) is 0 Å². The van der Waals surface area contributed by atoms with E-state index in [1.54, 1.807) is 12.1 Å². The van der Waals surface area contributed by atoms with Gasteiger partial charge in [-0.3, -0.25) is 5.43 Å². The van der Waals surface area contributed by atoms with Crippen molar-refractivity contribution in [1.82, 2.24) is 15.3 Å². The van der Waals surface area contributed by atoms with Crippen molar-refractivity contribution in [3.05, 3.63) is 28.2 Å². The lowest BCUT2D eigenvalue weighted by molar-refractivity contribution is 0.0698. The summed E-state index contributed by atoms with van der Waals surface area (Å²) in [7, 11) is 2.03. The van der Waals surface area contributed by atoms with E-state index in [9.17, 15) is 9.59 Å². The van der Waals surface area contributed by atoms with Crippen LogP contribution in [0.4, 0.5) is 10.5 Å². The quantitative estimate of drug-likeness (QED) is 0.762. The van der Waals surface area contributed by atoms with Crippen LogP contribution in [0.1, 0.15) is 10.4 Å². The van der Waals surface area contributed by atoms with E-state index in [1.807, 2.05) is 12.1 Å². The molecular formula is C13H17BrN4O3. The summed E-state index contributed by atoms with van der Waals surface area (Å²) < 4.78 is 0.697. The number of piperazine rings is 1. The van der Waals surface area contributed by atoms with Crippen LogP contribution in [-0.2, 0) is 0 Å². The summed E-state index contributed by atoms with van der Waals surface area (Å²) in [6, 6.07) is 4.18. The maximum atomic E-state index is 12.0. The molecule has 1 saturated heterocycles. The molecule has 0 bridgehead atoms. The number of carbonyl (C=O) groups is 2. The summed E-state index contributed by atoms with van der Waals surface area (Å²) in [6.45, 7) is 3.21. The minimum absolute atomic E-state index is 0.0479. The van der Waals surface area contributed by atoms with Crippen LogP contribution in [0.25, 0.3) is 0 Å². The number of nitrogens with one attached hydrogen (secondary N) is 2. The number of carboxylic acids is 1. The lowest BCUT2D eigenvalue weighted by Gasteiger charge is -2.32. The van der Waals surface area contributed by atoms with Crippen LogP contribution in [-0.4, -0.2) is 60.2 Å². The molecule has 1 aromatic carbocycles. The van der Waals surface area contributed by atoms with E-state index in [4.69, 9.17) is 5.11 Å². The molecule has 1 aliphatic heterocycles. The number of aromatic carboxylic acids is 1. The van der Waals surface area contributed by atoms with Gasteiger partial charge in [0.2, 0.25) is 0 Å². The topological polar surface area (TPSA) is 84.9 Å². The third-order valence-electron chi connectivity index (χ3n) is 3.22. The Labute approximate surface area is 131 Å². The molecule has 7 nitrogen and oxygen atoms in total. The summed E-state index contributed by atoms with van der Waals surface area (Å²) >= 11 is 3.26. The van der Waals surface area contributed by atoms with Crippen molar-refractivity contribution in [3.63, 3.8) is 0 Å². The Hall–Kier alpha value is -1.64. The zero-order valence-corrected chi connectivity index (χ0v) is 13.2. The number of benzene rings is 1. The van der Waals surface area contributed by atoms with E-state index in [0.717, 1.165) is 26.2 Å². The highest BCUT2D eigenvalue weighted by Gasteiger charge is 2.17. The Morgan fingerprint density at radius 1 is 1.24 bits per heavy atom. The van der Waals surface area contributed by atoms with E-state index < -0.39 is 12.0 Å². The first kappa shape index (κ1) is 15.7. The number of halogens is 1. The van der Waals surface area contributed by atoms with E-state index in [2.05, 4.69) is 31.6 Å². The van der Waals surface area contributed by atoms with Crippen LogP contribution < -0.4 is 10.7 Å². The molecule has 1 heterocycles. The zero-order valence-electron chi connectivity index (χ0n) is 11.6. The molecule has 21 heavy (non-hydrogen) atoms. The van der Waals surface area contributed by atoms with E-state index >= 15 is 0 Å². The molecule has 0 aliphatic carbocycles. The van der Waals surface area contributed by atoms with Gasteiger partial charge >= 0.3 is 12.0 Å². The average Bonchev–Trinajstić information content (AvgIpc) is 2.41. The SMILES string of the molecule is CN1CCN(NC(=O)Nc2cc(Br)ccc2C(=O)O)CC1. The number of carbonyl (C=O) groups excluding carboxylic acids is 1. The first-order valence-corrected chi connectivity index (χ1v) is 7.29. The summed E-state index contributed by atoms with van der Waals surface area (Å²) in [4.78, 5) is 25.3. The molecule has 3 N–H and O–H groups in total. The fourth-order valence-electron chi connectivity index (χ4n) is 2.02. The Kier molecular flexibility index (Phi) is 5.16. The predicted octanol–water partition coefficient (Wildman–Crippen LogP) is 1.43. The van der Waals surface area contributed by atoms with Gasteiger partial charge in [0.1, 0.15) is 0 Å². The number of hydrogen-bond donors (Lipinski definition) is 3. The predicted molar refractivity (Wildman–Crippen MR) is 82.3 cm³/mol.